The first-order valence-corrected chi connectivity index (χ1v) is 7.88. The second-order valence-electron chi connectivity index (χ2n) is 5.01. The lowest BCUT2D eigenvalue weighted by Gasteiger charge is -2.26. The van der Waals surface area contributed by atoms with Crippen LogP contribution in [0.4, 0.5) is 5.13 Å². The SMILES string of the molecule is CCCc1nc(N2CCn3cnnc3C2)sc1CNC. The summed E-state index contributed by atoms with van der Waals surface area (Å²) in [5.74, 6) is 1.03. The zero-order valence-corrected chi connectivity index (χ0v) is 12.8. The molecule has 0 saturated carbocycles. The molecule has 20 heavy (non-hydrogen) atoms. The van der Waals surface area contributed by atoms with Crippen LogP contribution in [0.25, 0.3) is 0 Å². The van der Waals surface area contributed by atoms with Crippen LogP contribution in [0.3, 0.4) is 0 Å². The second kappa shape index (κ2) is 5.88. The molecular weight excluding hydrogens is 272 g/mol. The van der Waals surface area contributed by atoms with E-state index in [1.54, 1.807) is 11.3 Å². The molecule has 2 aromatic heterocycles. The molecule has 1 N–H and O–H groups in total. The molecule has 108 valence electrons. The minimum absolute atomic E-state index is 0.804. The molecule has 3 heterocycles. The van der Waals surface area contributed by atoms with E-state index in [0.29, 0.717) is 0 Å². The summed E-state index contributed by atoms with van der Waals surface area (Å²) < 4.78 is 2.12. The second-order valence-corrected chi connectivity index (χ2v) is 6.07. The molecule has 1 aliphatic rings. The fourth-order valence-corrected chi connectivity index (χ4v) is 3.61. The molecule has 3 rings (SSSR count). The van der Waals surface area contributed by atoms with Gasteiger partial charge < -0.3 is 14.8 Å². The van der Waals surface area contributed by atoms with Crippen LogP contribution in [0.2, 0.25) is 0 Å². The highest BCUT2D eigenvalue weighted by Crippen LogP contribution is 2.29. The highest BCUT2D eigenvalue weighted by molar-refractivity contribution is 7.15. The van der Waals surface area contributed by atoms with E-state index in [9.17, 15) is 0 Å². The summed E-state index contributed by atoms with van der Waals surface area (Å²) in [6.45, 7) is 5.82. The fraction of sp³-hybridized carbons (Fsp3) is 0.615. The van der Waals surface area contributed by atoms with Crippen molar-refractivity contribution in [1.29, 1.82) is 0 Å². The lowest BCUT2D eigenvalue weighted by atomic mass is 10.2. The largest absolute Gasteiger partial charge is 0.339 e. The van der Waals surface area contributed by atoms with Crippen LogP contribution in [0.5, 0.6) is 0 Å². The Morgan fingerprint density at radius 1 is 1.40 bits per heavy atom. The van der Waals surface area contributed by atoms with Crippen LogP contribution in [-0.4, -0.2) is 33.3 Å². The van der Waals surface area contributed by atoms with Gasteiger partial charge in [0.25, 0.3) is 0 Å². The van der Waals surface area contributed by atoms with E-state index >= 15 is 0 Å². The molecule has 0 fully saturated rings. The Labute approximate surface area is 122 Å². The van der Waals surface area contributed by atoms with E-state index in [1.807, 2.05) is 13.4 Å². The van der Waals surface area contributed by atoms with Crippen LogP contribution in [0.1, 0.15) is 29.7 Å². The molecule has 0 radical (unpaired) electrons. The molecule has 1 aliphatic heterocycles. The van der Waals surface area contributed by atoms with Crippen molar-refractivity contribution in [1.82, 2.24) is 25.1 Å². The molecule has 0 spiro atoms. The lowest BCUT2D eigenvalue weighted by Crippen LogP contribution is -2.33. The first-order valence-electron chi connectivity index (χ1n) is 7.06. The predicted molar refractivity (Wildman–Crippen MR) is 79.9 cm³/mol. The zero-order valence-electron chi connectivity index (χ0n) is 12.0. The van der Waals surface area contributed by atoms with E-state index in [4.69, 9.17) is 4.98 Å². The maximum atomic E-state index is 4.85. The smallest absolute Gasteiger partial charge is 0.186 e. The summed E-state index contributed by atoms with van der Waals surface area (Å²) in [6, 6.07) is 0. The molecule has 0 saturated heterocycles. The van der Waals surface area contributed by atoms with E-state index in [1.165, 1.54) is 10.6 Å². The Morgan fingerprint density at radius 2 is 2.30 bits per heavy atom. The standard InChI is InChI=1S/C13H20N6S/c1-3-4-10-11(7-14-2)20-13(16-10)18-5-6-19-9-15-17-12(19)8-18/h9,14H,3-8H2,1-2H3. The van der Waals surface area contributed by atoms with Gasteiger partial charge >= 0.3 is 0 Å². The van der Waals surface area contributed by atoms with Gasteiger partial charge in [0.2, 0.25) is 0 Å². The molecule has 7 heteroatoms. The number of nitrogens with one attached hydrogen (secondary N) is 1. The van der Waals surface area contributed by atoms with Crippen molar-refractivity contribution in [3.8, 4) is 0 Å². The van der Waals surface area contributed by atoms with Gasteiger partial charge in [-0.15, -0.1) is 21.5 Å². The zero-order chi connectivity index (χ0) is 13.9. The van der Waals surface area contributed by atoms with Crippen molar-refractivity contribution < 1.29 is 0 Å². The molecule has 2 aromatic rings. The maximum absolute atomic E-state index is 4.85. The van der Waals surface area contributed by atoms with Gasteiger partial charge in [-0.1, -0.05) is 13.3 Å². The minimum Gasteiger partial charge on any atom is -0.339 e. The summed E-state index contributed by atoms with van der Waals surface area (Å²) in [5.41, 5.74) is 1.24. The van der Waals surface area contributed by atoms with E-state index < -0.39 is 0 Å². The van der Waals surface area contributed by atoms with Gasteiger partial charge in [0, 0.05) is 24.5 Å². The van der Waals surface area contributed by atoms with Crippen molar-refractivity contribution in [3.05, 3.63) is 22.7 Å². The van der Waals surface area contributed by atoms with Gasteiger partial charge in [-0.3, -0.25) is 0 Å². The van der Waals surface area contributed by atoms with Crippen LogP contribution >= 0.6 is 11.3 Å². The summed E-state index contributed by atoms with van der Waals surface area (Å²) in [5, 5.41) is 12.5. The lowest BCUT2D eigenvalue weighted by molar-refractivity contribution is 0.559. The highest BCUT2D eigenvalue weighted by atomic mass is 32.1. The number of hydrogen-bond acceptors (Lipinski definition) is 6. The van der Waals surface area contributed by atoms with Gasteiger partial charge in [0.1, 0.15) is 6.33 Å². The number of nitrogens with zero attached hydrogens (tertiary/aromatic N) is 5. The summed E-state index contributed by atoms with van der Waals surface area (Å²) in [6.07, 6.45) is 4.00. The Bertz CT molecular complexity index is 552. The maximum Gasteiger partial charge on any atom is 0.186 e. The molecule has 0 aliphatic carbocycles. The molecule has 0 amide bonds. The normalized spacial score (nSPS) is 14.6. The van der Waals surface area contributed by atoms with Gasteiger partial charge in [-0.2, -0.15) is 0 Å². The van der Waals surface area contributed by atoms with Crippen molar-refractivity contribution in [2.75, 3.05) is 18.5 Å². The number of aromatic nitrogens is 4. The Kier molecular flexibility index (Phi) is 3.98. The summed E-state index contributed by atoms with van der Waals surface area (Å²) in [4.78, 5) is 8.52. The first kappa shape index (κ1) is 13.5. The number of anilines is 1. The number of aryl methyl sites for hydroxylation is 1. The third-order valence-electron chi connectivity index (χ3n) is 3.50. The van der Waals surface area contributed by atoms with Crippen LogP contribution < -0.4 is 10.2 Å². The molecule has 6 nitrogen and oxygen atoms in total. The molecule has 0 atom stereocenters. The van der Waals surface area contributed by atoms with Crippen molar-refractivity contribution in [2.45, 2.75) is 39.4 Å². The van der Waals surface area contributed by atoms with Gasteiger partial charge in [0.05, 0.1) is 12.2 Å². The first-order chi connectivity index (χ1) is 9.81. The number of fused-ring (bicyclic) bond motifs is 1. The summed E-state index contributed by atoms with van der Waals surface area (Å²) >= 11 is 1.80. The van der Waals surface area contributed by atoms with Gasteiger partial charge in [0.15, 0.2) is 11.0 Å². The number of hydrogen-bond donors (Lipinski definition) is 1. The Balaban J connectivity index is 1.82. The van der Waals surface area contributed by atoms with E-state index in [2.05, 4.69) is 31.9 Å². The third-order valence-corrected chi connectivity index (χ3v) is 4.66. The van der Waals surface area contributed by atoms with Crippen molar-refractivity contribution >= 4 is 16.5 Å². The topological polar surface area (TPSA) is 58.9 Å². The predicted octanol–water partition coefficient (Wildman–Crippen LogP) is 1.43. The van der Waals surface area contributed by atoms with Crippen LogP contribution in [0.15, 0.2) is 6.33 Å². The van der Waals surface area contributed by atoms with E-state index in [-0.39, 0.29) is 0 Å². The van der Waals surface area contributed by atoms with Crippen molar-refractivity contribution in [2.24, 2.45) is 0 Å². The summed E-state index contributed by atoms with van der Waals surface area (Å²) in [7, 11) is 1.98. The number of thiazole rings is 1. The fourth-order valence-electron chi connectivity index (χ4n) is 2.47. The van der Waals surface area contributed by atoms with Crippen LogP contribution in [-0.2, 0) is 26.1 Å². The monoisotopic (exact) mass is 292 g/mol. The van der Waals surface area contributed by atoms with E-state index in [0.717, 1.165) is 50.0 Å². The molecule has 0 unspecified atom stereocenters. The van der Waals surface area contributed by atoms with Gasteiger partial charge in [-0.05, 0) is 13.5 Å². The van der Waals surface area contributed by atoms with Gasteiger partial charge in [-0.25, -0.2) is 4.98 Å². The Hall–Kier alpha value is -1.47. The quantitative estimate of drug-likeness (QED) is 0.903. The number of rotatable bonds is 5. The third kappa shape index (κ3) is 2.55. The van der Waals surface area contributed by atoms with Crippen LogP contribution in [0, 0.1) is 0 Å². The average Bonchev–Trinajstić information content (AvgIpc) is 3.06. The highest BCUT2D eigenvalue weighted by Gasteiger charge is 2.21. The molecular formula is C13H20N6S. The Morgan fingerprint density at radius 3 is 3.10 bits per heavy atom. The molecule has 0 aromatic carbocycles. The average molecular weight is 292 g/mol. The van der Waals surface area contributed by atoms with Crippen molar-refractivity contribution in [3.63, 3.8) is 0 Å². The minimum atomic E-state index is 0.804. The molecule has 0 bridgehead atoms.